The van der Waals surface area contributed by atoms with Crippen molar-refractivity contribution in [2.45, 2.75) is 55.2 Å². The number of halogens is 2. The monoisotopic (exact) mass is 467 g/mol. The molecule has 0 saturated heterocycles. The van der Waals surface area contributed by atoms with Gasteiger partial charge in [0.25, 0.3) is 0 Å². The summed E-state index contributed by atoms with van der Waals surface area (Å²) < 4.78 is 2.29. The van der Waals surface area contributed by atoms with Crippen molar-refractivity contribution in [2.75, 3.05) is 11.4 Å². The number of nitrogens with zero attached hydrogens (tertiary/aromatic N) is 1. The first kappa shape index (κ1) is 18.3. The second-order valence-electron chi connectivity index (χ2n) is 6.25. The normalized spacial score (nSPS) is 12.9. The fraction of sp³-hybridized carbons (Fsp3) is 0.400. The van der Waals surface area contributed by atoms with Gasteiger partial charge in [0.15, 0.2) is 0 Å². The third-order valence-corrected chi connectivity index (χ3v) is 6.46. The predicted octanol–water partition coefficient (Wildman–Crippen LogP) is 8.17. The predicted molar refractivity (Wildman–Crippen MR) is 113 cm³/mol. The van der Waals surface area contributed by atoms with E-state index < -0.39 is 0 Å². The number of rotatable bonds is 7. The van der Waals surface area contributed by atoms with E-state index in [9.17, 15) is 0 Å². The molecule has 128 valence electrons. The maximum atomic E-state index is 3.61. The lowest BCUT2D eigenvalue weighted by Crippen LogP contribution is -2.22. The maximum absolute atomic E-state index is 3.61. The summed E-state index contributed by atoms with van der Waals surface area (Å²) in [5, 5.41) is 0. The highest BCUT2D eigenvalue weighted by Gasteiger charge is 2.23. The molecule has 0 bridgehead atoms. The Balaban J connectivity index is 1.77. The Kier molecular flexibility index (Phi) is 6.71. The van der Waals surface area contributed by atoms with Crippen molar-refractivity contribution in [1.82, 2.24) is 0 Å². The van der Waals surface area contributed by atoms with Crippen molar-refractivity contribution in [3.63, 3.8) is 0 Å². The topological polar surface area (TPSA) is 3.24 Å². The molecule has 0 atom stereocenters. The molecule has 0 aliphatic carbocycles. The molecule has 4 heteroatoms. The minimum Gasteiger partial charge on any atom is -0.340 e. The highest BCUT2D eigenvalue weighted by atomic mass is 79.9. The SMILES string of the molecule is CCCCCCCCN1c2ccc(Br)cc2Sc2cc(Br)ccc21. The van der Waals surface area contributed by atoms with Crippen molar-refractivity contribution in [3.8, 4) is 0 Å². The van der Waals surface area contributed by atoms with E-state index in [1.165, 1.54) is 59.7 Å². The molecule has 24 heavy (non-hydrogen) atoms. The van der Waals surface area contributed by atoms with Crippen LogP contribution in [0.5, 0.6) is 0 Å². The number of benzene rings is 2. The van der Waals surface area contributed by atoms with E-state index in [1.54, 1.807) is 0 Å². The maximum Gasteiger partial charge on any atom is 0.0553 e. The average molecular weight is 469 g/mol. The Bertz CT molecular complexity index is 651. The summed E-state index contributed by atoms with van der Waals surface area (Å²) >= 11 is 9.09. The standard InChI is InChI=1S/C20H23Br2NS/c1-2-3-4-5-6-7-12-23-17-10-8-15(21)13-19(17)24-20-14-16(22)9-11-18(20)23/h8-11,13-14H,2-7,12H2,1H3. The molecule has 0 amide bonds. The molecule has 0 saturated carbocycles. The Morgan fingerprint density at radius 3 is 1.92 bits per heavy atom. The van der Waals surface area contributed by atoms with Gasteiger partial charge in [0, 0.05) is 25.3 Å². The first-order valence-corrected chi connectivity index (χ1v) is 11.1. The van der Waals surface area contributed by atoms with Gasteiger partial charge in [-0.05, 0) is 42.8 Å². The number of hydrogen-bond donors (Lipinski definition) is 0. The van der Waals surface area contributed by atoms with Crippen molar-refractivity contribution < 1.29 is 0 Å². The lowest BCUT2D eigenvalue weighted by Gasteiger charge is -2.33. The highest BCUT2D eigenvalue weighted by molar-refractivity contribution is 9.10. The molecule has 3 rings (SSSR count). The molecule has 1 aliphatic rings. The molecule has 1 nitrogen and oxygen atoms in total. The molecule has 0 unspecified atom stereocenters. The molecular weight excluding hydrogens is 446 g/mol. The van der Waals surface area contributed by atoms with E-state index in [4.69, 9.17) is 0 Å². The summed E-state index contributed by atoms with van der Waals surface area (Å²) in [4.78, 5) is 5.17. The third kappa shape index (κ3) is 4.39. The summed E-state index contributed by atoms with van der Waals surface area (Å²) in [6.07, 6.45) is 7.99. The van der Waals surface area contributed by atoms with Crippen LogP contribution in [0.4, 0.5) is 11.4 Å². The molecular formula is C20H23Br2NS. The Morgan fingerprint density at radius 2 is 1.33 bits per heavy atom. The molecule has 0 aromatic heterocycles. The van der Waals surface area contributed by atoms with Crippen LogP contribution in [-0.4, -0.2) is 6.54 Å². The zero-order chi connectivity index (χ0) is 16.9. The minimum atomic E-state index is 1.09. The van der Waals surface area contributed by atoms with Crippen LogP contribution in [-0.2, 0) is 0 Å². The zero-order valence-electron chi connectivity index (χ0n) is 14.0. The Labute approximate surface area is 166 Å². The van der Waals surface area contributed by atoms with Crippen LogP contribution in [0.1, 0.15) is 45.4 Å². The number of fused-ring (bicyclic) bond motifs is 2. The van der Waals surface area contributed by atoms with Gasteiger partial charge in [-0.25, -0.2) is 0 Å². The van der Waals surface area contributed by atoms with E-state index in [2.05, 4.69) is 80.1 Å². The lowest BCUT2D eigenvalue weighted by molar-refractivity contribution is 0.608. The van der Waals surface area contributed by atoms with E-state index in [1.807, 2.05) is 11.8 Å². The summed E-state index contributed by atoms with van der Waals surface area (Å²) in [5.41, 5.74) is 2.68. The van der Waals surface area contributed by atoms with Crippen molar-refractivity contribution in [1.29, 1.82) is 0 Å². The van der Waals surface area contributed by atoms with Gasteiger partial charge in [-0.15, -0.1) is 0 Å². The minimum absolute atomic E-state index is 1.09. The number of hydrogen-bond acceptors (Lipinski definition) is 2. The second-order valence-corrected chi connectivity index (χ2v) is 9.16. The van der Waals surface area contributed by atoms with Crippen LogP contribution in [0.3, 0.4) is 0 Å². The fourth-order valence-corrected chi connectivity index (χ4v) is 5.32. The van der Waals surface area contributed by atoms with Crippen LogP contribution in [0, 0.1) is 0 Å². The summed E-state index contributed by atoms with van der Waals surface area (Å²) in [5.74, 6) is 0. The van der Waals surface area contributed by atoms with Gasteiger partial charge in [-0.3, -0.25) is 0 Å². The summed E-state index contributed by atoms with van der Waals surface area (Å²) in [7, 11) is 0. The van der Waals surface area contributed by atoms with Crippen molar-refractivity contribution in [2.24, 2.45) is 0 Å². The largest absolute Gasteiger partial charge is 0.340 e. The van der Waals surface area contributed by atoms with E-state index >= 15 is 0 Å². The van der Waals surface area contributed by atoms with Gasteiger partial charge in [0.05, 0.1) is 11.4 Å². The second kappa shape index (κ2) is 8.77. The van der Waals surface area contributed by atoms with Gasteiger partial charge in [-0.1, -0.05) is 82.6 Å². The molecule has 0 spiro atoms. The van der Waals surface area contributed by atoms with Crippen molar-refractivity contribution in [3.05, 3.63) is 45.3 Å². The van der Waals surface area contributed by atoms with Crippen LogP contribution in [0.2, 0.25) is 0 Å². The zero-order valence-corrected chi connectivity index (χ0v) is 18.0. The highest BCUT2D eigenvalue weighted by Crippen LogP contribution is 2.49. The first-order chi connectivity index (χ1) is 11.7. The van der Waals surface area contributed by atoms with Gasteiger partial charge < -0.3 is 4.90 Å². The number of unbranched alkanes of at least 4 members (excludes halogenated alkanes) is 5. The molecule has 1 aliphatic heterocycles. The molecule has 0 N–H and O–H groups in total. The molecule has 0 fully saturated rings. The van der Waals surface area contributed by atoms with Crippen LogP contribution in [0.15, 0.2) is 55.1 Å². The number of anilines is 2. The quantitative estimate of drug-likeness (QED) is 0.377. The van der Waals surface area contributed by atoms with Gasteiger partial charge in [0.1, 0.15) is 0 Å². The van der Waals surface area contributed by atoms with E-state index in [-0.39, 0.29) is 0 Å². The van der Waals surface area contributed by atoms with Crippen LogP contribution >= 0.6 is 43.6 Å². The summed E-state index contributed by atoms with van der Waals surface area (Å²) in [6, 6.07) is 13.3. The first-order valence-electron chi connectivity index (χ1n) is 8.73. The lowest BCUT2D eigenvalue weighted by atomic mass is 10.1. The average Bonchev–Trinajstić information content (AvgIpc) is 2.56. The molecule has 1 heterocycles. The van der Waals surface area contributed by atoms with Gasteiger partial charge >= 0.3 is 0 Å². The molecule has 0 radical (unpaired) electrons. The van der Waals surface area contributed by atoms with Crippen LogP contribution < -0.4 is 4.90 Å². The smallest absolute Gasteiger partial charge is 0.0553 e. The van der Waals surface area contributed by atoms with E-state index in [0.29, 0.717) is 0 Å². The molecule has 2 aromatic rings. The van der Waals surface area contributed by atoms with Crippen molar-refractivity contribution >= 4 is 55.0 Å². The molecule has 2 aromatic carbocycles. The Morgan fingerprint density at radius 1 is 0.792 bits per heavy atom. The van der Waals surface area contributed by atoms with Crippen LogP contribution in [0.25, 0.3) is 0 Å². The summed E-state index contributed by atoms with van der Waals surface area (Å²) in [6.45, 7) is 3.37. The van der Waals surface area contributed by atoms with Gasteiger partial charge in [0.2, 0.25) is 0 Å². The Hall–Kier alpha value is -0.450. The third-order valence-electron chi connectivity index (χ3n) is 4.38. The van der Waals surface area contributed by atoms with Gasteiger partial charge in [-0.2, -0.15) is 0 Å². The van der Waals surface area contributed by atoms with E-state index in [0.717, 1.165) is 15.5 Å². The fourth-order valence-electron chi connectivity index (χ4n) is 3.12.